The number of amides is 1. The second kappa shape index (κ2) is 6.37. The van der Waals surface area contributed by atoms with Crippen molar-refractivity contribution in [1.82, 2.24) is 0 Å². The van der Waals surface area contributed by atoms with Gasteiger partial charge < -0.3 is 20.5 Å². The minimum atomic E-state index is -0.369. The van der Waals surface area contributed by atoms with E-state index in [-0.39, 0.29) is 5.91 Å². The van der Waals surface area contributed by atoms with E-state index < -0.39 is 0 Å². The molecule has 0 saturated heterocycles. The summed E-state index contributed by atoms with van der Waals surface area (Å²) in [6.07, 6.45) is 0. The van der Waals surface area contributed by atoms with Crippen molar-refractivity contribution < 1.29 is 14.3 Å². The highest BCUT2D eigenvalue weighted by Crippen LogP contribution is 2.29. The average molecular weight is 307 g/mol. The molecule has 0 bridgehead atoms. The Bertz CT molecular complexity index is 674. The summed E-state index contributed by atoms with van der Waals surface area (Å²) in [7, 11) is 3.03. The van der Waals surface area contributed by atoms with Gasteiger partial charge in [-0.25, -0.2) is 0 Å². The zero-order valence-electron chi connectivity index (χ0n) is 11.6. The lowest BCUT2D eigenvalue weighted by Gasteiger charge is -2.12. The molecule has 0 radical (unpaired) electrons. The maximum atomic E-state index is 12.3. The number of nitrogens with two attached hydrogens (primary N) is 1. The third-order valence-electron chi connectivity index (χ3n) is 2.91. The Balaban J connectivity index is 2.32. The first-order chi connectivity index (χ1) is 10.0. The van der Waals surface area contributed by atoms with E-state index in [1.165, 1.54) is 14.2 Å². The summed E-state index contributed by atoms with van der Waals surface area (Å²) in [5.74, 6) is 0.689. The zero-order chi connectivity index (χ0) is 15.4. The molecule has 0 aromatic heterocycles. The van der Waals surface area contributed by atoms with E-state index in [9.17, 15) is 4.79 Å². The van der Waals surface area contributed by atoms with E-state index in [0.717, 1.165) is 0 Å². The zero-order valence-corrected chi connectivity index (χ0v) is 12.4. The smallest absolute Gasteiger partial charge is 0.257 e. The Morgan fingerprint density at radius 3 is 2.57 bits per heavy atom. The van der Waals surface area contributed by atoms with Gasteiger partial charge in [0, 0.05) is 10.7 Å². The number of hydrogen-bond donors (Lipinski definition) is 2. The first kappa shape index (κ1) is 15.0. The van der Waals surface area contributed by atoms with E-state index in [2.05, 4.69) is 5.32 Å². The fraction of sp³-hybridized carbons (Fsp3) is 0.133. The maximum absolute atomic E-state index is 12.3. The van der Waals surface area contributed by atoms with Crippen molar-refractivity contribution in [2.24, 2.45) is 0 Å². The molecule has 1 amide bonds. The number of nitrogens with one attached hydrogen (secondary N) is 1. The van der Waals surface area contributed by atoms with Gasteiger partial charge in [-0.15, -0.1) is 0 Å². The molecule has 0 spiro atoms. The summed E-state index contributed by atoms with van der Waals surface area (Å²) in [5, 5.41) is 3.22. The van der Waals surface area contributed by atoms with Crippen molar-refractivity contribution in [3.8, 4) is 11.5 Å². The molecule has 2 rings (SSSR count). The van der Waals surface area contributed by atoms with Crippen LogP contribution in [0.3, 0.4) is 0 Å². The molecule has 0 unspecified atom stereocenters. The monoisotopic (exact) mass is 306 g/mol. The number of carbonyl (C=O) groups is 1. The molecule has 0 aliphatic heterocycles. The number of hydrogen-bond acceptors (Lipinski definition) is 4. The Kier molecular flexibility index (Phi) is 4.55. The minimum absolute atomic E-state index is 0.316. The molecule has 3 N–H and O–H groups in total. The van der Waals surface area contributed by atoms with Gasteiger partial charge in [-0.3, -0.25) is 4.79 Å². The summed E-state index contributed by atoms with van der Waals surface area (Å²) in [6.45, 7) is 0. The molecule has 0 aliphatic rings. The third-order valence-corrected chi connectivity index (χ3v) is 3.15. The number of methoxy groups -OCH3 is 2. The van der Waals surface area contributed by atoms with Gasteiger partial charge in [0.05, 0.1) is 25.5 Å². The van der Waals surface area contributed by atoms with Crippen LogP contribution in [0.4, 0.5) is 11.4 Å². The molecule has 2 aromatic carbocycles. The van der Waals surface area contributed by atoms with E-state index in [1.807, 2.05) is 0 Å². The van der Waals surface area contributed by atoms with E-state index >= 15 is 0 Å². The van der Waals surface area contributed by atoms with Crippen LogP contribution < -0.4 is 20.5 Å². The highest BCUT2D eigenvalue weighted by molar-refractivity contribution is 6.31. The summed E-state index contributed by atoms with van der Waals surface area (Å²) in [4.78, 5) is 12.3. The minimum Gasteiger partial charge on any atom is -0.497 e. The maximum Gasteiger partial charge on any atom is 0.257 e. The molecule has 0 heterocycles. The lowest BCUT2D eigenvalue weighted by Crippen LogP contribution is -2.14. The number of benzene rings is 2. The van der Waals surface area contributed by atoms with Gasteiger partial charge in [-0.05, 0) is 36.4 Å². The van der Waals surface area contributed by atoms with Crippen LogP contribution in [0.15, 0.2) is 36.4 Å². The first-order valence-electron chi connectivity index (χ1n) is 6.13. The van der Waals surface area contributed by atoms with Crippen LogP contribution >= 0.6 is 11.6 Å². The molecule has 0 saturated carbocycles. The van der Waals surface area contributed by atoms with Gasteiger partial charge in [0.25, 0.3) is 5.91 Å². The van der Waals surface area contributed by atoms with Crippen molar-refractivity contribution in [2.45, 2.75) is 0 Å². The molecular formula is C15H15ClN2O3. The first-order valence-corrected chi connectivity index (χ1v) is 6.51. The Hall–Kier alpha value is -2.40. The molecule has 21 heavy (non-hydrogen) atoms. The Morgan fingerprint density at radius 1 is 1.14 bits per heavy atom. The van der Waals surface area contributed by atoms with E-state index in [0.29, 0.717) is 33.5 Å². The third kappa shape index (κ3) is 3.38. The lowest BCUT2D eigenvalue weighted by molar-refractivity contribution is 0.102. The van der Waals surface area contributed by atoms with E-state index in [1.54, 1.807) is 36.4 Å². The predicted molar refractivity (Wildman–Crippen MR) is 83.4 cm³/mol. The summed E-state index contributed by atoms with van der Waals surface area (Å²) >= 11 is 5.93. The Labute approximate surface area is 127 Å². The number of carbonyl (C=O) groups excluding carboxylic acids is 1. The molecule has 5 nitrogen and oxygen atoms in total. The van der Waals surface area contributed by atoms with Crippen molar-refractivity contribution in [2.75, 3.05) is 25.3 Å². The van der Waals surface area contributed by atoms with Crippen LogP contribution in [0.5, 0.6) is 11.5 Å². The van der Waals surface area contributed by atoms with Gasteiger partial charge in [0.1, 0.15) is 11.5 Å². The molecule has 0 aliphatic carbocycles. The molecule has 0 atom stereocenters. The van der Waals surface area contributed by atoms with Gasteiger partial charge >= 0.3 is 0 Å². The molecule has 0 fully saturated rings. The second-order valence-electron chi connectivity index (χ2n) is 4.25. The number of halogens is 1. The summed E-state index contributed by atoms with van der Waals surface area (Å²) in [6, 6.07) is 9.83. The van der Waals surface area contributed by atoms with Crippen molar-refractivity contribution in [3.63, 3.8) is 0 Å². The van der Waals surface area contributed by atoms with Crippen LogP contribution in [-0.4, -0.2) is 20.1 Å². The topological polar surface area (TPSA) is 73.6 Å². The van der Waals surface area contributed by atoms with Crippen LogP contribution in [0.2, 0.25) is 5.02 Å². The van der Waals surface area contributed by atoms with Crippen LogP contribution in [0.25, 0.3) is 0 Å². The van der Waals surface area contributed by atoms with Gasteiger partial charge in [0.15, 0.2) is 0 Å². The largest absolute Gasteiger partial charge is 0.497 e. The Morgan fingerprint density at radius 2 is 1.90 bits per heavy atom. The molecule has 2 aromatic rings. The standard InChI is InChI=1S/C15H15ClN2O3/c1-20-10-4-5-12(17)11(8-10)15(19)18-13-7-9(16)3-6-14(13)21-2/h3-8H,17H2,1-2H3,(H,18,19). The molecule has 110 valence electrons. The highest BCUT2D eigenvalue weighted by atomic mass is 35.5. The quantitative estimate of drug-likeness (QED) is 0.851. The van der Waals surface area contributed by atoms with Gasteiger partial charge in [-0.1, -0.05) is 11.6 Å². The van der Waals surface area contributed by atoms with Crippen LogP contribution in [0.1, 0.15) is 10.4 Å². The van der Waals surface area contributed by atoms with Crippen LogP contribution in [-0.2, 0) is 0 Å². The highest BCUT2D eigenvalue weighted by Gasteiger charge is 2.14. The van der Waals surface area contributed by atoms with Gasteiger partial charge in [-0.2, -0.15) is 0 Å². The normalized spacial score (nSPS) is 10.0. The fourth-order valence-electron chi connectivity index (χ4n) is 1.83. The second-order valence-corrected chi connectivity index (χ2v) is 4.69. The SMILES string of the molecule is COc1ccc(N)c(C(=O)Nc2cc(Cl)ccc2OC)c1. The summed E-state index contributed by atoms with van der Waals surface area (Å²) in [5.41, 5.74) is 6.97. The number of ether oxygens (including phenoxy) is 2. The van der Waals surface area contributed by atoms with Crippen molar-refractivity contribution >= 4 is 28.9 Å². The average Bonchev–Trinajstić information content (AvgIpc) is 2.48. The molecule has 6 heteroatoms. The fourth-order valence-corrected chi connectivity index (χ4v) is 2.00. The van der Waals surface area contributed by atoms with Gasteiger partial charge in [0.2, 0.25) is 0 Å². The lowest BCUT2D eigenvalue weighted by atomic mass is 10.1. The number of nitrogen functional groups attached to an aromatic ring is 1. The summed E-state index contributed by atoms with van der Waals surface area (Å²) < 4.78 is 10.3. The predicted octanol–water partition coefficient (Wildman–Crippen LogP) is 3.19. The van der Waals surface area contributed by atoms with E-state index in [4.69, 9.17) is 26.8 Å². The van der Waals surface area contributed by atoms with Crippen LogP contribution in [0, 0.1) is 0 Å². The van der Waals surface area contributed by atoms with Crippen molar-refractivity contribution in [3.05, 3.63) is 47.0 Å². The molecular weight excluding hydrogens is 292 g/mol. The number of anilines is 2. The number of rotatable bonds is 4. The van der Waals surface area contributed by atoms with Crippen molar-refractivity contribution in [1.29, 1.82) is 0 Å².